The van der Waals surface area contributed by atoms with Crippen LogP contribution in [0.3, 0.4) is 0 Å². The maximum absolute atomic E-state index is 12.5. The number of carbonyl (C=O) groups excluding carboxylic acids is 2. The Morgan fingerprint density at radius 3 is 2.35 bits per heavy atom. The third-order valence-electron chi connectivity index (χ3n) is 5.59. The van der Waals surface area contributed by atoms with Gasteiger partial charge in [-0.2, -0.15) is 0 Å². The number of nitrogens with one attached hydrogen (secondary N) is 1. The Kier molecular flexibility index (Phi) is 6.45. The molecule has 2 heterocycles. The molecule has 5 heteroatoms. The van der Waals surface area contributed by atoms with E-state index in [9.17, 15) is 9.59 Å². The fourth-order valence-electron chi connectivity index (χ4n) is 4.16. The first-order valence-electron chi connectivity index (χ1n) is 9.23. The average Bonchev–Trinajstić information content (AvgIpc) is 2.87. The lowest BCUT2D eigenvalue weighted by atomic mass is 9.97. The van der Waals surface area contributed by atoms with Gasteiger partial charge >= 0.3 is 0 Å². The molecule has 132 valence electrons. The van der Waals surface area contributed by atoms with Crippen LogP contribution in [0.2, 0.25) is 0 Å². The van der Waals surface area contributed by atoms with Crippen molar-refractivity contribution in [3.8, 4) is 0 Å². The highest BCUT2D eigenvalue weighted by molar-refractivity contribution is 5.79. The van der Waals surface area contributed by atoms with E-state index in [2.05, 4.69) is 31.0 Å². The van der Waals surface area contributed by atoms with E-state index in [-0.39, 0.29) is 17.9 Å². The number of carbonyl (C=O) groups is 2. The average molecular weight is 323 g/mol. The quantitative estimate of drug-likeness (QED) is 0.842. The van der Waals surface area contributed by atoms with Crippen molar-refractivity contribution in [2.45, 2.75) is 77.9 Å². The molecule has 2 fully saturated rings. The second kappa shape index (κ2) is 8.13. The summed E-state index contributed by atoms with van der Waals surface area (Å²) >= 11 is 0. The molecule has 1 N–H and O–H groups in total. The Bertz CT molecular complexity index is 416. The molecule has 2 saturated heterocycles. The van der Waals surface area contributed by atoms with Crippen LogP contribution in [0.5, 0.6) is 0 Å². The summed E-state index contributed by atoms with van der Waals surface area (Å²) in [6.07, 6.45) is 5.76. The first-order valence-corrected chi connectivity index (χ1v) is 9.23. The third kappa shape index (κ3) is 4.69. The van der Waals surface area contributed by atoms with Crippen molar-refractivity contribution in [1.29, 1.82) is 0 Å². The molecule has 0 radical (unpaired) electrons. The van der Waals surface area contributed by atoms with Crippen molar-refractivity contribution in [3.63, 3.8) is 0 Å². The lowest BCUT2D eigenvalue weighted by molar-refractivity contribution is -0.128. The van der Waals surface area contributed by atoms with Crippen LogP contribution in [0, 0.1) is 5.92 Å². The first-order chi connectivity index (χ1) is 10.9. The Balaban J connectivity index is 1.91. The number of hydrogen-bond acceptors (Lipinski definition) is 3. The van der Waals surface area contributed by atoms with E-state index in [1.54, 1.807) is 6.92 Å². The molecule has 0 bridgehead atoms. The Morgan fingerprint density at radius 1 is 1.13 bits per heavy atom. The molecule has 4 atom stereocenters. The summed E-state index contributed by atoms with van der Waals surface area (Å²) in [5.41, 5.74) is 0. The van der Waals surface area contributed by atoms with E-state index in [4.69, 9.17) is 0 Å². The van der Waals surface area contributed by atoms with Crippen LogP contribution in [0.25, 0.3) is 0 Å². The minimum atomic E-state index is 0.112. The van der Waals surface area contributed by atoms with Crippen molar-refractivity contribution >= 4 is 11.8 Å². The van der Waals surface area contributed by atoms with Gasteiger partial charge in [0.05, 0.1) is 12.6 Å². The van der Waals surface area contributed by atoms with Gasteiger partial charge in [0.2, 0.25) is 11.8 Å². The molecule has 0 aromatic heterocycles. The molecule has 0 aromatic carbocycles. The SMILES string of the molecule is CCC[C@H]1CN(C(C)=O)C[C@@H]1NC(=O)CN1[C@H](C)CCC[C@@H]1C. The van der Waals surface area contributed by atoms with Gasteiger partial charge in [0, 0.05) is 32.1 Å². The van der Waals surface area contributed by atoms with Crippen LogP contribution in [-0.2, 0) is 9.59 Å². The standard InChI is InChI=1S/C18H33N3O2/c1-5-7-16-10-20(15(4)22)11-17(16)19-18(23)12-21-13(2)8-6-9-14(21)3/h13-14,16-17H,5-12H2,1-4H3,(H,19,23)/t13-,14+,16-,17-/m0/s1. The summed E-state index contributed by atoms with van der Waals surface area (Å²) < 4.78 is 0. The van der Waals surface area contributed by atoms with Gasteiger partial charge in [-0.15, -0.1) is 0 Å². The number of hydrogen-bond donors (Lipinski definition) is 1. The van der Waals surface area contributed by atoms with Gasteiger partial charge in [0.15, 0.2) is 0 Å². The van der Waals surface area contributed by atoms with E-state index in [1.165, 1.54) is 19.3 Å². The first kappa shape index (κ1) is 18.2. The van der Waals surface area contributed by atoms with Crippen LogP contribution in [0.4, 0.5) is 0 Å². The predicted molar refractivity (Wildman–Crippen MR) is 92.1 cm³/mol. The van der Waals surface area contributed by atoms with E-state index in [0.717, 1.165) is 19.4 Å². The topological polar surface area (TPSA) is 52.7 Å². The van der Waals surface area contributed by atoms with Gasteiger partial charge in [-0.05, 0) is 39.0 Å². The number of amides is 2. The summed E-state index contributed by atoms with van der Waals surface area (Å²) in [5, 5.41) is 3.21. The number of rotatable bonds is 5. The second-order valence-electron chi connectivity index (χ2n) is 7.45. The summed E-state index contributed by atoms with van der Waals surface area (Å²) in [4.78, 5) is 28.4. The molecule has 0 unspecified atom stereocenters. The van der Waals surface area contributed by atoms with Gasteiger partial charge < -0.3 is 10.2 Å². The van der Waals surface area contributed by atoms with Gasteiger partial charge in [0.1, 0.15) is 0 Å². The van der Waals surface area contributed by atoms with Gasteiger partial charge in [-0.1, -0.05) is 19.8 Å². The highest BCUT2D eigenvalue weighted by Gasteiger charge is 2.35. The Morgan fingerprint density at radius 2 is 1.78 bits per heavy atom. The minimum absolute atomic E-state index is 0.112. The van der Waals surface area contributed by atoms with Crippen molar-refractivity contribution in [2.75, 3.05) is 19.6 Å². The van der Waals surface area contributed by atoms with Crippen LogP contribution in [0.1, 0.15) is 59.8 Å². The normalized spacial score (nSPS) is 32.1. The molecule has 0 aromatic rings. The zero-order chi connectivity index (χ0) is 17.0. The summed E-state index contributed by atoms with van der Waals surface area (Å²) in [6, 6.07) is 1.07. The fraction of sp³-hybridized carbons (Fsp3) is 0.889. The van der Waals surface area contributed by atoms with Crippen LogP contribution >= 0.6 is 0 Å². The molecule has 2 rings (SSSR count). The second-order valence-corrected chi connectivity index (χ2v) is 7.45. The molecule has 2 aliphatic heterocycles. The number of piperidine rings is 1. The summed E-state index contributed by atoms with van der Waals surface area (Å²) in [5.74, 6) is 0.618. The molecule has 0 saturated carbocycles. The monoisotopic (exact) mass is 323 g/mol. The lowest BCUT2D eigenvalue weighted by Gasteiger charge is -2.38. The smallest absolute Gasteiger partial charge is 0.234 e. The van der Waals surface area contributed by atoms with Crippen molar-refractivity contribution in [3.05, 3.63) is 0 Å². The van der Waals surface area contributed by atoms with Crippen LogP contribution in [-0.4, -0.2) is 59.4 Å². The molecule has 5 nitrogen and oxygen atoms in total. The van der Waals surface area contributed by atoms with Crippen molar-refractivity contribution in [1.82, 2.24) is 15.1 Å². The van der Waals surface area contributed by atoms with Gasteiger partial charge in [-0.25, -0.2) is 0 Å². The molecule has 0 spiro atoms. The number of likely N-dealkylation sites (tertiary alicyclic amines) is 2. The fourth-order valence-corrected chi connectivity index (χ4v) is 4.16. The molecular weight excluding hydrogens is 290 g/mol. The van der Waals surface area contributed by atoms with E-state index >= 15 is 0 Å². The summed E-state index contributed by atoms with van der Waals surface area (Å²) in [6.45, 7) is 10.1. The molecule has 0 aliphatic carbocycles. The Labute approximate surface area is 140 Å². The molecule has 2 aliphatic rings. The van der Waals surface area contributed by atoms with Gasteiger partial charge in [0.25, 0.3) is 0 Å². The Hall–Kier alpha value is -1.10. The highest BCUT2D eigenvalue weighted by atomic mass is 16.2. The zero-order valence-electron chi connectivity index (χ0n) is 15.2. The predicted octanol–water partition coefficient (Wildman–Crippen LogP) is 2.01. The molecular formula is C18H33N3O2. The van der Waals surface area contributed by atoms with Gasteiger partial charge in [-0.3, -0.25) is 14.5 Å². The summed E-state index contributed by atoms with van der Waals surface area (Å²) in [7, 11) is 0. The maximum atomic E-state index is 12.5. The maximum Gasteiger partial charge on any atom is 0.234 e. The zero-order valence-corrected chi connectivity index (χ0v) is 15.2. The van der Waals surface area contributed by atoms with E-state index < -0.39 is 0 Å². The largest absolute Gasteiger partial charge is 0.350 e. The third-order valence-corrected chi connectivity index (χ3v) is 5.59. The van der Waals surface area contributed by atoms with E-state index in [0.29, 0.717) is 31.1 Å². The van der Waals surface area contributed by atoms with Crippen molar-refractivity contribution < 1.29 is 9.59 Å². The highest BCUT2D eigenvalue weighted by Crippen LogP contribution is 2.24. The number of nitrogens with zero attached hydrogens (tertiary/aromatic N) is 2. The molecule has 2 amide bonds. The molecule has 23 heavy (non-hydrogen) atoms. The minimum Gasteiger partial charge on any atom is -0.350 e. The van der Waals surface area contributed by atoms with E-state index in [1.807, 2.05) is 4.90 Å². The van der Waals surface area contributed by atoms with Crippen LogP contribution < -0.4 is 5.32 Å². The lowest BCUT2D eigenvalue weighted by Crippen LogP contribution is -2.51. The van der Waals surface area contributed by atoms with Crippen molar-refractivity contribution in [2.24, 2.45) is 5.92 Å². The van der Waals surface area contributed by atoms with Crippen LogP contribution in [0.15, 0.2) is 0 Å².